The van der Waals surface area contributed by atoms with Gasteiger partial charge in [-0.2, -0.15) is 0 Å². The zero-order valence-corrected chi connectivity index (χ0v) is 10.5. The predicted molar refractivity (Wildman–Crippen MR) is 67.3 cm³/mol. The van der Waals surface area contributed by atoms with E-state index in [0.29, 0.717) is 0 Å². The minimum atomic E-state index is -0.890. The van der Waals surface area contributed by atoms with E-state index in [0.717, 1.165) is 4.57 Å². The lowest BCUT2D eigenvalue weighted by Gasteiger charge is -2.15. The summed E-state index contributed by atoms with van der Waals surface area (Å²) < 4.78 is 11.4. The van der Waals surface area contributed by atoms with Crippen molar-refractivity contribution < 1.29 is 19.7 Å². The number of hydrogen-bond donors (Lipinski definition) is 3. The molecule has 8 heteroatoms. The molecule has 1 aromatic rings. The summed E-state index contributed by atoms with van der Waals surface area (Å²) in [6.07, 6.45) is 3.87. The summed E-state index contributed by atoms with van der Waals surface area (Å²) in [5, 5.41) is 18.7. The van der Waals surface area contributed by atoms with Gasteiger partial charge in [0, 0.05) is 6.42 Å². The van der Waals surface area contributed by atoms with E-state index in [1.54, 1.807) is 0 Å². The SMILES string of the molecule is C#CCOc1cn([C@@H]2CC(O)[C@H](CO)O2)c(=O)[nH]c1=O. The Labute approximate surface area is 113 Å². The van der Waals surface area contributed by atoms with Gasteiger partial charge < -0.3 is 19.7 Å². The number of aromatic amines is 1. The molecular formula is C12H14N2O6. The topological polar surface area (TPSA) is 114 Å². The number of aliphatic hydroxyl groups excluding tert-OH is 2. The van der Waals surface area contributed by atoms with Crippen molar-refractivity contribution in [2.45, 2.75) is 24.9 Å². The van der Waals surface area contributed by atoms with Gasteiger partial charge in [0.1, 0.15) is 18.9 Å². The number of aromatic nitrogens is 2. The van der Waals surface area contributed by atoms with Crippen molar-refractivity contribution in [1.29, 1.82) is 0 Å². The number of rotatable bonds is 4. The minimum absolute atomic E-state index is 0.116. The first-order chi connectivity index (χ1) is 9.56. The maximum Gasteiger partial charge on any atom is 0.330 e. The third-order valence-electron chi connectivity index (χ3n) is 2.94. The molecule has 1 unspecified atom stereocenters. The molecule has 3 atom stereocenters. The van der Waals surface area contributed by atoms with Crippen LogP contribution in [0.1, 0.15) is 12.6 Å². The first kappa shape index (κ1) is 14.3. The van der Waals surface area contributed by atoms with Crippen molar-refractivity contribution in [3.8, 4) is 18.1 Å². The van der Waals surface area contributed by atoms with E-state index >= 15 is 0 Å². The highest BCUT2D eigenvalue weighted by Gasteiger charge is 2.35. The van der Waals surface area contributed by atoms with Crippen molar-refractivity contribution in [3.05, 3.63) is 27.0 Å². The summed E-state index contributed by atoms with van der Waals surface area (Å²) >= 11 is 0. The van der Waals surface area contributed by atoms with E-state index in [9.17, 15) is 14.7 Å². The maximum atomic E-state index is 11.7. The number of H-pyrrole nitrogens is 1. The van der Waals surface area contributed by atoms with E-state index in [-0.39, 0.29) is 25.4 Å². The molecule has 0 spiro atoms. The molecule has 0 radical (unpaired) electrons. The minimum Gasteiger partial charge on any atom is -0.474 e. The second-order valence-corrected chi connectivity index (χ2v) is 4.27. The Morgan fingerprint density at radius 2 is 2.35 bits per heavy atom. The van der Waals surface area contributed by atoms with Gasteiger partial charge in [0.2, 0.25) is 5.75 Å². The molecule has 0 amide bonds. The van der Waals surface area contributed by atoms with Gasteiger partial charge >= 0.3 is 5.69 Å². The third-order valence-corrected chi connectivity index (χ3v) is 2.94. The fourth-order valence-electron chi connectivity index (χ4n) is 1.95. The van der Waals surface area contributed by atoms with Crippen molar-refractivity contribution in [2.75, 3.05) is 13.2 Å². The second-order valence-electron chi connectivity index (χ2n) is 4.27. The Bertz CT molecular complexity index is 628. The normalized spacial score (nSPS) is 25.4. The molecule has 1 fully saturated rings. The molecule has 0 aromatic carbocycles. The van der Waals surface area contributed by atoms with Gasteiger partial charge in [-0.3, -0.25) is 14.3 Å². The van der Waals surface area contributed by atoms with E-state index in [2.05, 4.69) is 10.9 Å². The highest BCUT2D eigenvalue weighted by atomic mass is 16.5. The highest BCUT2D eigenvalue weighted by Crippen LogP contribution is 2.27. The molecule has 0 bridgehead atoms. The number of terminal acetylenes is 1. The van der Waals surface area contributed by atoms with Crippen LogP contribution in [0.5, 0.6) is 5.75 Å². The zero-order valence-electron chi connectivity index (χ0n) is 10.5. The van der Waals surface area contributed by atoms with Crippen molar-refractivity contribution >= 4 is 0 Å². The molecule has 1 aliphatic rings. The standard InChI is InChI=1S/C12H14N2O6/c1-2-3-19-8-5-14(12(18)13-11(8)17)10-4-7(16)9(6-15)20-10/h1,5,7,9-10,15-16H,3-4,6H2,(H,13,17,18)/t7?,9-,10-/m0/s1. The van der Waals surface area contributed by atoms with E-state index < -0.39 is 29.7 Å². The van der Waals surface area contributed by atoms with Gasteiger partial charge in [-0.05, 0) is 0 Å². The third kappa shape index (κ3) is 2.75. The van der Waals surface area contributed by atoms with Crippen molar-refractivity contribution in [2.24, 2.45) is 0 Å². The van der Waals surface area contributed by atoms with E-state index in [4.69, 9.17) is 21.0 Å². The molecule has 2 heterocycles. The van der Waals surface area contributed by atoms with Gasteiger partial charge in [-0.15, -0.1) is 6.42 Å². The molecule has 1 aromatic heterocycles. The summed E-state index contributed by atoms with van der Waals surface area (Å²) in [6.45, 7) is -0.481. The van der Waals surface area contributed by atoms with Gasteiger partial charge in [0.05, 0.1) is 18.9 Å². The molecule has 1 aliphatic heterocycles. The lowest BCUT2D eigenvalue weighted by atomic mass is 10.2. The first-order valence-corrected chi connectivity index (χ1v) is 5.93. The highest BCUT2D eigenvalue weighted by molar-refractivity contribution is 5.13. The van der Waals surface area contributed by atoms with Crippen LogP contribution in [0.3, 0.4) is 0 Å². The van der Waals surface area contributed by atoms with Crippen LogP contribution in [-0.2, 0) is 4.74 Å². The lowest BCUT2D eigenvalue weighted by molar-refractivity contribution is -0.0461. The lowest BCUT2D eigenvalue weighted by Crippen LogP contribution is -2.33. The van der Waals surface area contributed by atoms with Crippen LogP contribution in [0.2, 0.25) is 0 Å². The number of nitrogens with zero attached hydrogens (tertiary/aromatic N) is 1. The average Bonchev–Trinajstić information content (AvgIpc) is 2.79. The average molecular weight is 282 g/mol. The summed E-state index contributed by atoms with van der Waals surface area (Å²) in [6, 6.07) is 0. The van der Waals surface area contributed by atoms with Crippen LogP contribution in [-0.4, -0.2) is 45.2 Å². The molecule has 0 aliphatic carbocycles. The zero-order chi connectivity index (χ0) is 14.7. The predicted octanol–water partition coefficient (Wildman–Crippen LogP) is -1.81. The summed E-state index contributed by atoms with van der Waals surface area (Å²) in [5.74, 6) is 2.09. The van der Waals surface area contributed by atoms with Gasteiger partial charge in [0.25, 0.3) is 5.56 Å². The smallest absolute Gasteiger partial charge is 0.330 e. The molecule has 2 rings (SSSR count). The quantitative estimate of drug-likeness (QED) is 0.561. The van der Waals surface area contributed by atoms with Crippen molar-refractivity contribution in [3.63, 3.8) is 0 Å². The largest absolute Gasteiger partial charge is 0.474 e. The Balaban J connectivity index is 2.31. The van der Waals surface area contributed by atoms with Crippen LogP contribution >= 0.6 is 0 Å². The first-order valence-electron chi connectivity index (χ1n) is 5.93. The summed E-state index contributed by atoms with van der Waals surface area (Å²) in [4.78, 5) is 25.3. The Morgan fingerprint density at radius 1 is 1.60 bits per heavy atom. The van der Waals surface area contributed by atoms with Gasteiger partial charge in [0.15, 0.2) is 0 Å². The molecule has 108 valence electrons. The Hall–Kier alpha value is -2.08. The molecule has 20 heavy (non-hydrogen) atoms. The van der Waals surface area contributed by atoms with Gasteiger partial charge in [-0.1, -0.05) is 5.92 Å². The summed E-state index contributed by atoms with van der Waals surface area (Å²) in [7, 11) is 0. The molecule has 1 saturated heterocycles. The molecule has 0 saturated carbocycles. The second kappa shape index (κ2) is 5.92. The monoisotopic (exact) mass is 282 g/mol. The Morgan fingerprint density at radius 3 is 2.95 bits per heavy atom. The molecular weight excluding hydrogens is 268 g/mol. The maximum absolute atomic E-state index is 11.7. The summed E-state index contributed by atoms with van der Waals surface area (Å²) in [5.41, 5.74) is -1.39. The van der Waals surface area contributed by atoms with Crippen molar-refractivity contribution in [1.82, 2.24) is 9.55 Å². The van der Waals surface area contributed by atoms with Crippen LogP contribution in [0.4, 0.5) is 0 Å². The fraction of sp³-hybridized carbons (Fsp3) is 0.500. The number of aliphatic hydroxyl groups is 2. The molecule has 3 N–H and O–H groups in total. The number of nitrogens with one attached hydrogen (secondary N) is 1. The Kier molecular flexibility index (Phi) is 4.24. The van der Waals surface area contributed by atoms with E-state index in [1.807, 2.05) is 0 Å². The van der Waals surface area contributed by atoms with E-state index in [1.165, 1.54) is 6.20 Å². The number of ether oxygens (including phenoxy) is 2. The van der Waals surface area contributed by atoms with Crippen LogP contribution < -0.4 is 16.0 Å². The van der Waals surface area contributed by atoms with Crippen LogP contribution in [0.25, 0.3) is 0 Å². The number of hydrogen-bond acceptors (Lipinski definition) is 6. The van der Waals surface area contributed by atoms with Crippen LogP contribution in [0, 0.1) is 12.3 Å². The van der Waals surface area contributed by atoms with Crippen LogP contribution in [0.15, 0.2) is 15.8 Å². The van der Waals surface area contributed by atoms with Gasteiger partial charge in [-0.25, -0.2) is 4.79 Å². The fourth-order valence-corrected chi connectivity index (χ4v) is 1.95. The molecule has 8 nitrogen and oxygen atoms in total.